The standard InChI is InChI=1S/C19H25N3O5/c1-2-5-16(23)20-13-10-8-12(9-11-13)17(24)21-22-18(25)14-6-3-4-7-15(14)19(26)27/h8-11,14-15H,2-7H2,1H3,(H,20,23)(H,21,24)(H,22,25)(H,26,27)/t14-,15+/m0/s1. The largest absolute Gasteiger partial charge is 0.481 e. The van der Waals surface area contributed by atoms with Crippen molar-refractivity contribution in [2.45, 2.75) is 45.4 Å². The molecule has 0 spiro atoms. The van der Waals surface area contributed by atoms with Crippen LogP contribution in [0.4, 0.5) is 5.69 Å². The Morgan fingerprint density at radius 3 is 2.22 bits per heavy atom. The fourth-order valence-electron chi connectivity index (χ4n) is 3.18. The number of hydrogen-bond donors (Lipinski definition) is 4. The van der Waals surface area contributed by atoms with Crippen LogP contribution in [-0.4, -0.2) is 28.8 Å². The molecular weight excluding hydrogens is 350 g/mol. The number of anilines is 1. The summed E-state index contributed by atoms with van der Waals surface area (Å²) in [6.07, 6.45) is 3.70. The second-order valence-electron chi connectivity index (χ2n) is 6.65. The fourth-order valence-corrected chi connectivity index (χ4v) is 3.18. The molecule has 0 bridgehead atoms. The first kappa shape index (κ1) is 20.4. The van der Waals surface area contributed by atoms with E-state index in [1.807, 2.05) is 6.92 Å². The zero-order valence-electron chi connectivity index (χ0n) is 15.3. The van der Waals surface area contributed by atoms with E-state index in [1.54, 1.807) is 12.1 Å². The number of hydrogen-bond acceptors (Lipinski definition) is 4. The van der Waals surface area contributed by atoms with E-state index >= 15 is 0 Å². The molecule has 1 aliphatic rings. The second kappa shape index (κ2) is 9.70. The second-order valence-corrected chi connectivity index (χ2v) is 6.65. The fraction of sp³-hybridized carbons (Fsp3) is 0.474. The summed E-state index contributed by atoms with van der Waals surface area (Å²) < 4.78 is 0. The van der Waals surface area contributed by atoms with Crippen LogP contribution in [-0.2, 0) is 14.4 Å². The van der Waals surface area contributed by atoms with Crippen LogP contribution in [0, 0.1) is 11.8 Å². The van der Waals surface area contributed by atoms with Gasteiger partial charge in [0.15, 0.2) is 0 Å². The molecule has 0 aromatic heterocycles. The van der Waals surface area contributed by atoms with E-state index in [1.165, 1.54) is 12.1 Å². The summed E-state index contributed by atoms with van der Waals surface area (Å²) in [5.41, 5.74) is 5.54. The highest BCUT2D eigenvalue weighted by Crippen LogP contribution is 2.30. The van der Waals surface area contributed by atoms with Crippen LogP contribution in [0.1, 0.15) is 55.8 Å². The highest BCUT2D eigenvalue weighted by Gasteiger charge is 2.35. The number of rotatable bonds is 6. The van der Waals surface area contributed by atoms with E-state index < -0.39 is 29.6 Å². The van der Waals surface area contributed by atoms with Gasteiger partial charge in [0, 0.05) is 17.7 Å². The van der Waals surface area contributed by atoms with Crippen molar-refractivity contribution in [2.24, 2.45) is 11.8 Å². The number of hydrazine groups is 1. The van der Waals surface area contributed by atoms with Crippen LogP contribution >= 0.6 is 0 Å². The number of carbonyl (C=O) groups excluding carboxylic acids is 3. The maximum absolute atomic E-state index is 12.2. The van der Waals surface area contributed by atoms with Gasteiger partial charge in [0.25, 0.3) is 5.91 Å². The lowest BCUT2D eigenvalue weighted by Crippen LogP contribution is -2.47. The van der Waals surface area contributed by atoms with E-state index in [4.69, 9.17) is 0 Å². The molecule has 0 unspecified atom stereocenters. The quantitative estimate of drug-likeness (QED) is 0.567. The number of carboxylic acid groups (broad SMARTS) is 1. The Bertz CT molecular complexity index is 702. The maximum atomic E-state index is 12.2. The molecule has 4 N–H and O–H groups in total. The summed E-state index contributed by atoms with van der Waals surface area (Å²) in [6, 6.07) is 6.27. The first-order valence-electron chi connectivity index (χ1n) is 9.15. The third-order valence-electron chi connectivity index (χ3n) is 4.63. The molecule has 2 rings (SSSR count). The van der Waals surface area contributed by atoms with Gasteiger partial charge in [0.1, 0.15) is 0 Å². The lowest BCUT2D eigenvalue weighted by molar-refractivity contribution is -0.149. The van der Waals surface area contributed by atoms with Crippen LogP contribution in [0.5, 0.6) is 0 Å². The Morgan fingerprint density at radius 1 is 1.00 bits per heavy atom. The van der Waals surface area contributed by atoms with Gasteiger partial charge in [-0.3, -0.25) is 30.0 Å². The Hall–Kier alpha value is -2.90. The lowest BCUT2D eigenvalue weighted by atomic mass is 9.79. The number of amides is 3. The molecule has 0 saturated heterocycles. The molecule has 1 aliphatic carbocycles. The average Bonchev–Trinajstić information content (AvgIpc) is 2.66. The van der Waals surface area contributed by atoms with Crippen molar-refractivity contribution < 1.29 is 24.3 Å². The summed E-state index contributed by atoms with van der Waals surface area (Å²) in [5, 5.41) is 12.0. The van der Waals surface area contributed by atoms with Crippen molar-refractivity contribution in [3.05, 3.63) is 29.8 Å². The normalized spacial score (nSPS) is 19.0. The summed E-state index contributed by atoms with van der Waals surface area (Å²) in [5.74, 6) is -3.45. The predicted molar refractivity (Wildman–Crippen MR) is 98.7 cm³/mol. The number of carbonyl (C=O) groups is 4. The van der Waals surface area contributed by atoms with Crippen molar-refractivity contribution in [1.82, 2.24) is 10.9 Å². The van der Waals surface area contributed by atoms with Crippen molar-refractivity contribution >= 4 is 29.4 Å². The molecule has 8 heteroatoms. The number of carboxylic acids is 1. The van der Waals surface area contributed by atoms with Crippen molar-refractivity contribution in [2.75, 3.05) is 5.32 Å². The molecule has 0 radical (unpaired) electrons. The van der Waals surface area contributed by atoms with E-state index in [0.29, 0.717) is 30.5 Å². The molecule has 1 aromatic carbocycles. The SMILES string of the molecule is CCCC(=O)Nc1ccc(C(=O)NNC(=O)[C@H]2CCCC[C@H]2C(=O)O)cc1. The topological polar surface area (TPSA) is 125 Å². The van der Waals surface area contributed by atoms with Gasteiger partial charge in [0.2, 0.25) is 11.8 Å². The van der Waals surface area contributed by atoms with Crippen molar-refractivity contribution in [3.8, 4) is 0 Å². The van der Waals surface area contributed by atoms with Gasteiger partial charge in [-0.05, 0) is 43.5 Å². The molecule has 0 heterocycles. The first-order chi connectivity index (χ1) is 12.9. The predicted octanol–water partition coefficient (Wildman–Crippen LogP) is 2.08. The molecule has 27 heavy (non-hydrogen) atoms. The van der Waals surface area contributed by atoms with Crippen LogP contribution < -0.4 is 16.2 Å². The summed E-state index contributed by atoms with van der Waals surface area (Å²) in [7, 11) is 0. The third kappa shape index (κ3) is 5.80. The number of aliphatic carboxylic acids is 1. The van der Waals surface area contributed by atoms with Gasteiger partial charge < -0.3 is 10.4 Å². The summed E-state index contributed by atoms with van der Waals surface area (Å²) >= 11 is 0. The van der Waals surface area contributed by atoms with Crippen molar-refractivity contribution in [3.63, 3.8) is 0 Å². The average molecular weight is 375 g/mol. The number of nitrogens with one attached hydrogen (secondary N) is 3. The molecule has 1 saturated carbocycles. The first-order valence-corrected chi connectivity index (χ1v) is 9.15. The Labute approximate surface area is 157 Å². The highest BCUT2D eigenvalue weighted by atomic mass is 16.4. The van der Waals surface area contributed by atoms with Crippen LogP contribution in [0.15, 0.2) is 24.3 Å². The Morgan fingerprint density at radius 2 is 1.63 bits per heavy atom. The third-order valence-corrected chi connectivity index (χ3v) is 4.63. The smallest absolute Gasteiger partial charge is 0.307 e. The summed E-state index contributed by atoms with van der Waals surface area (Å²) in [4.78, 5) is 47.2. The van der Waals surface area contributed by atoms with E-state index in [2.05, 4.69) is 16.2 Å². The van der Waals surface area contributed by atoms with Gasteiger partial charge in [-0.2, -0.15) is 0 Å². The van der Waals surface area contributed by atoms with E-state index in [0.717, 1.165) is 19.3 Å². The van der Waals surface area contributed by atoms with E-state index in [9.17, 15) is 24.3 Å². The molecular formula is C19H25N3O5. The zero-order chi connectivity index (χ0) is 19.8. The molecule has 146 valence electrons. The minimum Gasteiger partial charge on any atom is -0.481 e. The molecule has 2 atom stereocenters. The molecule has 1 aromatic rings. The van der Waals surface area contributed by atoms with Gasteiger partial charge >= 0.3 is 5.97 Å². The van der Waals surface area contributed by atoms with E-state index in [-0.39, 0.29) is 5.91 Å². The van der Waals surface area contributed by atoms with Crippen LogP contribution in [0.3, 0.4) is 0 Å². The van der Waals surface area contributed by atoms with Crippen molar-refractivity contribution in [1.29, 1.82) is 0 Å². The zero-order valence-corrected chi connectivity index (χ0v) is 15.3. The van der Waals surface area contributed by atoms with Crippen LogP contribution in [0.25, 0.3) is 0 Å². The monoisotopic (exact) mass is 375 g/mol. The molecule has 0 aliphatic heterocycles. The Balaban J connectivity index is 1.88. The maximum Gasteiger partial charge on any atom is 0.307 e. The number of benzene rings is 1. The highest BCUT2D eigenvalue weighted by molar-refractivity contribution is 5.97. The minimum atomic E-state index is -0.984. The molecule has 1 fully saturated rings. The Kier molecular flexibility index (Phi) is 7.34. The summed E-state index contributed by atoms with van der Waals surface area (Å²) in [6.45, 7) is 1.91. The molecule has 3 amide bonds. The van der Waals surface area contributed by atoms with Gasteiger partial charge in [-0.15, -0.1) is 0 Å². The minimum absolute atomic E-state index is 0.0950. The van der Waals surface area contributed by atoms with Gasteiger partial charge in [-0.1, -0.05) is 19.8 Å². The van der Waals surface area contributed by atoms with Crippen LogP contribution in [0.2, 0.25) is 0 Å². The van der Waals surface area contributed by atoms with Gasteiger partial charge in [-0.25, -0.2) is 0 Å². The molecule has 8 nitrogen and oxygen atoms in total. The lowest BCUT2D eigenvalue weighted by Gasteiger charge is -2.27. The van der Waals surface area contributed by atoms with Gasteiger partial charge in [0.05, 0.1) is 11.8 Å².